The molecule has 0 N–H and O–H groups in total. The molecule has 0 aliphatic carbocycles. The van der Waals surface area contributed by atoms with Gasteiger partial charge >= 0.3 is 0 Å². The fourth-order valence-electron chi connectivity index (χ4n) is 2.81. The number of rotatable bonds is 3. The van der Waals surface area contributed by atoms with Gasteiger partial charge in [0.15, 0.2) is 0 Å². The monoisotopic (exact) mass is 327 g/mol. The third-order valence-corrected chi connectivity index (χ3v) is 5.01. The summed E-state index contributed by atoms with van der Waals surface area (Å²) < 4.78 is 12.5. The van der Waals surface area contributed by atoms with Gasteiger partial charge < -0.3 is 9.47 Å². The van der Waals surface area contributed by atoms with Crippen LogP contribution in [0.5, 0.6) is 5.88 Å². The largest absolute Gasteiger partial charge is 0.472 e. The van der Waals surface area contributed by atoms with Gasteiger partial charge in [-0.3, -0.25) is 0 Å². The number of aromatic nitrogens is 3. The van der Waals surface area contributed by atoms with Crippen molar-refractivity contribution in [3.63, 3.8) is 0 Å². The Labute approximate surface area is 138 Å². The van der Waals surface area contributed by atoms with Crippen LogP contribution in [-0.4, -0.2) is 27.2 Å². The van der Waals surface area contributed by atoms with Gasteiger partial charge in [0, 0.05) is 17.4 Å². The van der Waals surface area contributed by atoms with Crippen molar-refractivity contribution in [3.8, 4) is 5.88 Å². The first kappa shape index (κ1) is 14.5. The van der Waals surface area contributed by atoms with E-state index in [-0.39, 0.29) is 5.60 Å². The van der Waals surface area contributed by atoms with Crippen LogP contribution in [0.25, 0.3) is 20.4 Å². The standard InChI is InChI=1S/C17H17N3O2S/c1-4-5-21-15-14-13(18-9-19-15)11-6-10-8-22-17(2,3)7-12(10)20-16(11)23-14/h4,6,9H,1,5,7-8H2,2-3H3. The van der Waals surface area contributed by atoms with Crippen molar-refractivity contribution < 1.29 is 9.47 Å². The molecule has 0 bridgehead atoms. The molecule has 5 nitrogen and oxygen atoms in total. The van der Waals surface area contributed by atoms with Crippen LogP contribution in [0.2, 0.25) is 0 Å². The normalized spacial score (nSPS) is 16.4. The Kier molecular flexibility index (Phi) is 3.32. The minimum atomic E-state index is -0.164. The molecule has 0 spiro atoms. The number of hydrogen-bond donors (Lipinski definition) is 0. The van der Waals surface area contributed by atoms with Gasteiger partial charge in [-0.15, -0.1) is 11.3 Å². The first-order chi connectivity index (χ1) is 11.1. The second-order valence-electron chi connectivity index (χ2n) is 6.23. The summed E-state index contributed by atoms with van der Waals surface area (Å²) >= 11 is 1.58. The SMILES string of the molecule is C=CCOc1ncnc2c1sc1nc3c(cc12)COC(C)(C)C3. The van der Waals surface area contributed by atoms with Crippen molar-refractivity contribution in [2.45, 2.75) is 32.5 Å². The van der Waals surface area contributed by atoms with Crippen molar-refractivity contribution in [2.75, 3.05) is 6.61 Å². The van der Waals surface area contributed by atoms with Crippen LogP contribution in [0.4, 0.5) is 0 Å². The summed E-state index contributed by atoms with van der Waals surface area (Å²) in [5.74, 6) is 0.590. The van der Waals surface area contributed by atoms with Crippen molar-refractivity contribution in [1.29, 1.82) is 0 Å². The highest BCUT2D eigenvalue weighted by atomic mass is 32.1. The van der Waals surface area contributed by atoms with Crippen LogP contribution in [0.15, 0.2) is 25.0 Å². The third kappa shape index (κ3) is 2.48. The third-order valence-electron chi connectivity index (χ3n) is 3.93. The van der Waals surface area contributed by atoms with Gasteiger partial charge in [-0.25, -0.2) is 15.0 Å². The number of pyridine rings is 1. The molecule has 6 heteroatoms. The quantitative estimate of drug-likeness (QED) is 0.687. The van der Waals surface area contributed by atoms with Gasteiger partial charge in [-0.2, -0.15) is 0 Å². The molecule has 0 amide bonds. The maximum Gasteiger partial charge on any atom is 0.235 e. The molecule has 1 aliphatic rings. The van der Waals surface area contributed by atoms with E-state index in [1.807, 2.05) is 0 Å². The number of nitrogens with zero attached hydrogens (tertiary/aromatic N) is 3. The molecule has 3 aromatic heterocycles. The summed E-state index contributed by atoms with van der Waals surface area (Å²) in [6.07, 6.45) is 4.06. The summed E-state index contributed by atoms with van der Waals surface area (Å²) in [4.78, 5) is 14.5. The summed E-state index contributed by atoms with van der Waals surface area (Å²) in [6, 6.07) is 2.15. The lowest BCUT2D eigenvalue weighted by molar-refractivity contribution is -0.0411. The van der Waals surface area contributed by atoms with Gasteiger partial charge in [0.25, 0.3) is 0 Å². The molecule has 4 rings (SSSR count). The first-order valence-electron chi connectivity index (χ1n) is 7.51. The van der Waals surface area contributed by atoms with Gasteiger partial charge in [-0.1, -0.05) is 12.7 Å². The van der Waals surface area contributed by atoms with Gasteiger partial charge in [0.2, 0.25) is 5.88 Å². The minimum Gasteiger partial charge on any atom is -0.472 e. The molecule has 0 saturated heterocycles. The van der Waals surface area contributed by atoms with Gasteiger partial charge in [-0.05, 0) is 19.9 Å². The van der Waals surface area contributed by atoms with E-state index in [0.29, 0.717) is 19.1 Å². The molecule has 23 heavy (non-hydrogen) atoms. The Morgan fingerprint density at radius 2 is 2.30 bits per heavy atom. The Bertz CT molecular complexity index is 917. The van der Waals surface area contributed by atoms with Crippen LogP contribution in [0.1, 0.15) is 25.1 Å². The zero-order valence-corrected chi connectivity index (χ0v) is 13.9. The molecule has 0 radical (unpaired) electrons. The van der Waals surface area contributed by atoms with E-state index in [9.17, 15) is 0 Å². The maximum atomic E-state index is 5.90. The fraction of sp³-hybridized carbons (Fsp3) is 0.353. The molecule has 0 aromatic carbocycles. The molecule has 118 valence electrons. The van der Waals surface area contributed by atoms with Crippen LogP contribution >= 0.6 is 11.3 Å². The predicted octanol–water partition coefficient (Wildman–Crippen LogP) is 3.66. The topological polar surface area (TPSA) is 57.1 Å². The summed E-state index contributed by atoms with van der Waals surface area (Å²) in [5, 5.41) is 1.04. The van der Waals surface area contributed by atoms with E-state index < -0.39 is 0 Å². The van der Waals surface area contributed by atoms with Crippen LogP contribution in [0, 0.1) is 0 Å². The second kappa shape index (κ2) is 5.25. The van der Waals surface area contributed by atoms with Gasteiger partial charge in [0.1, 0.15) is 22.5 Å². The average molecular weight is 327 g/mol. The highest BCUT2D eigenvalue weighted by Crippen LogP contribution is 2.38. The Morgan fingerprint density at radius 3 is 3.13 bits per heavy atom. The van der Waals surface area contributed by atoms with Crippen molar-refractivity contribution >= 4 is 31.8 Å². The molecule has 0 atom stereocenters. The first-order valence-corrected chi connectivity index (χ1v) is 8.33. The fourth-order valence-corrected chi connectivity index (χ4v) is 3.88. The van der Waals surface area contributed by atoms with E-state index in [0.717, 1.165) is 38.1 Å². The van der Waals surface area contributed by atoms with Crippen molar-refractivity contribution in [2.24, 2.45) is 0 Å². The number of ether oxygens (including phenoxy) is 2. The summed E-state index contributed by atoms with van der Waals surface area (Å²) in [5.41, 5.74) is 2.98. The average Bonchev–Trinajstić information content (AvgIpc) is 2.88. The van der Waals surface area contributed by atoms with E-state index >= 15 is 0 Å². The lowest BCUT2D eigenvalue weighted by Gasteiger charge is -2.30. The van der Waals surface area contributed by atoms with Crippen molar-refractivity contribution in [3.05, 3.63) is 36.3 Å². The van der Waals surface area contributed by atoms with Gasteiger partial charge in [0.05, 0.1) is 23.4 Å². The van der Waals surface area contributed by atoms with Crippen LogP contribution in [-0.2, 0) is 17.8 Å². The lowest BCUT2D eigenvalue weighted by atomic mass is 9.95. The number of thiophene rings is 1. The zero-order valence-electron chi connectivity index (χ0n) is 13.1. The Hall–Kier alpha value is -2.05. The number of fused-ring (bicyclic) bond motifs is 4. The molecule has 0 saturated carbocycles. The smallest absolute Gasteiger partial charge is 0.235 e. The molecule has 0 fully saturated rings. The molecule has 4 heterocycles. The Morgan fingerprint density at radius 1 is 1.43 bits per heavy atom. The van der Waals surface area contributed by atoms with E-state index in [1.165, 1.54) is 6.33 Å². The molecule has 0 unspecified atom stereocenters. The second-order valence-corrected chi connectivity index (χ2v) is 7.23. The summed E-state index contributed by atoms with van der Waals surface area (Å²) in [6.45, 7) is 8.88. The molecule has 3 aromatic rings. The van der Waals surface area contributed by atoms with Crippen LogP contribution in [0.3, 0.4) is 0 Å². The Balaban J connectivity index is 1.90. The van der Waals surface area contributed by atoms with Crippen molar-refractivity contribution in [1.82, 2.24) is 15.0 Å². The van der Waals surface area contributed by atoms with Crippen LogP contribution < -0.4 is 4.74 Å². The van der Waals surface area contributed by atoms with E-state index in [2.05, 4.69) is 36.5 Å². The highest BCUT2D eigenvalue weighted by molar-refractivity contribution is 7.25. The van der Waals surface area contributed by atoms with E-state index in [1.54, 1.807) is 17.4 Å². The molecular weight excluding hydrogens is 310 g/mol. The highest BCUT2D eigenvalue weighted by Gasteiger charge is 2.28. The summed E-state index contributed by atoms with van der Waals surface area (Å²) in [7, 11) is 0. The predicted molar refractivity (Wildman–Crippen MR) is 91.0 cm³/mol. The zero-order chi connectivity index (χ0) is 16.0. The van der Waals surface area contributed by atoms with E-state index in [4.69, 9.17) is 14.5 Å². The lowest BCUT2D eigenvalue weighted by Crippen LogP contribution is -2.32. The molecular formula is C17H17N3O2S. The number of hydrogen-bond acceptors (Lipinski definition) is 6. The minimum absolute atomic E-state index is 0.164. The molecule has 1 aliphatic heterocycles. The maximum absolute atomic E-state index is 5.90.